The monoisotopic (exact) mass is 379 g/mol. The Morgan fingerprint density at radius 2 is 1.75 bits per heavy atom. The van der Waals surface area contributed by atoms with Crippen LogP contribution < -0.4 is 10.9 Å². The van der Waals surface area contributed by atoms with Gasteiger partial charge in [-0.25, -0.2) is 4.79 Å². The maximum atomic E-state index is 12.3. The Morgan fingerprint density at radius 1 is 1.07 bits per heavy atom. The molecule has 2 heterocycles. The Hall–Kier alpha value is -3.28. The molecule has 28 heavy (non-hydrogen) atoms. The number of ether oxygens (including phenoxy) is 1. The van der Waals surface area contributed by atoms with Crippen LogP contribution in [0.15, 0.2) is 53.6 Å². The topological polar surface area (TPSA) is 65.3 Å². The van der Waals surface area contributed by atoms with E-state index < -0.39 is 0 Å². The molecule has 6 heteroatoms. The number of aromatic nitrogens is 2. The molecule has 0 fully saturated rings. The van der Waals surface area contributed by atoms with E-state index in [1.165, 1.54) is 7.11 Å². The molecule has 0 radical (unpaired) electrons. The van der Waals surface area contributed by atoms with Crippen molar-refractivity contribution in [2.75, 3.05) is 12.4 Å². The Bertz CT molecular complexity index is 1040. The zero-order valence-corrected chi connectivity index (χ0v) is 16.8. The second-order valence-electron chi connectivity index (χ2n) is 7.03. The van der Waals surface area contributed by atoms with Crippen LogP contribution in [0.5, 0.6) is 0 Å². The smallest absolute Gasteiger partial charge is 0.339 e. The van der Waals surface area contributed by atoms with Crippen LogP contribution in [0, 0.1) is 13.8 Å². The summed E-state index contributed by atoms with van der Waals surface area (Å²) in [5.41, 5.74) is 4.86. The summed E-state index contributed by atoms with van der Waals surface area (Å²) in [5, 5.41) is 3.50. The normalized spacial score (nSPS) is 11.9. The summed E-state index contributed by atoms with van der Waals surface area (Å²) < 4.78 is 8.44. The van der Waals surface area contributed by atoms with E-state index in [0.29, 0.717) is 11.1 Å². The van der Waals surface area contributed by atoms with Gasteiger partial charge in [0, 0.05) is 32.1 Å². The van der Waals surface area contributed by atoms with Gasteiger partial charge in [-0.15, -0.1) is 0 Å². The number of carbonyl (C=O) groups excluding carboxylic acids is 1. The summed E-state index contributed by atoms with van der Waals surface area (Å²) >= 11 is 0. The van der Waals surface area contributed by atoms with Gasteiger partial charge in [0.1, 0.15) is 0 Å². The maximum absolute atomic E-state index is 12.3. The molecule has 2 aromatic heterocycles. The second-order valence-corrected chi connectivity index (χ2v) is 7.03. The Balaban J connectivity index is 2.14. The number of anilines is 1. The SMILES string of the molecule is COC(=O)c1ccn(C)c1C(Nc1cc(C)c(=O)n(C)c1)c1ccc(C)cc1. The first kappa shape index (κ1) is 19.5. The average molecular weight is 379 g/mol. The van der Waals surface area contributed by atoms with Crippen LogP contribution in [-0.4, -0.2) is 22.2 Å². The molecule has 6 nitrogen and oxygen atoms in total. The van der Waals surface area contributed by atoms with E-state index in [1.807, 2.05) is 55.1 Å². The Kier molecular flexibility index (Phi) is 5.40. The van der Waals surface area contributed by atoms with Crippen LogP contribution in [0.2, 0.25) is 0 Å². The number of aryl methyl sites for hydroxylation is 4. The van der Waals surface area contributed by atoms with Crippen LogP contribution in [0.25, 0.3) is 0 Å². The summed E-state index contributed by atoms with van der Waals surface area (Å²) in [6.45, 7) is 3.82. The highest BCUT2D eigenvalue weighted by atomic mass is 16.5. The fraction of sp³-hybridized carbons (Fsp3) is 0.273. The van der Waals surface area contributed by atoms with Crippen molar-refractivity contribution in [1.82, 2.24) is 9.13 Å². The van der Waals surface area contributed by atoms with E-state index in [-0.39, 0.29) is 17.6 Å². The zero-order chi connectivity index (χ0) is 20.4. The summed E-state index contributed by atoms with van der Waals surface area (Å²) in [6, 6.07) is 11.4. The van der Waals surface area contributed by atoms with Gasteiger partial charge in [-0.2, -0.15) is 0 Å². The van der Waals surface area contributed by atoms with Crippen LogP contribution in [0.4, 0.5) is 5.69 Å². The van der Waals surface area contributed by atoms with E-state index in [1.54, 1.807) is 30.8 Å². The van der Waals surface area contributed by atoms with Crippen molar-refractivity contribution < 1.29 is 9.53 Å². The van der Waals surface area contributed by atoms with Gasteiger partial charge >= 0.3 is 5.97 Å². The lowest BCUT2D eigenvalue weighted by Crippen LogP contribution is -2.22. The number of esters is 1. The third-order valence-electron chi connectivity index (χ3n) is 4.88. The number of rotatable bonds is 5. The minimum Gasteiger partial charge on any atom is -0.465 e. The maximum Gasteiger partial charge on any atom is 0.339 e. The van der Waals surface area contributed by atoms with Gasteiger partial charge in [0.05, 0.1) is 30.1 Å². The number of nitrogens with zero attached hydrogens (tertiary/aromatic N) is 2. The average Bonchev–Trinajstić information content (AvgIpc) is 3.05. The van der Waals surface area contributed by atoms with E-state index in [9.17, 15) is 9.59 Å². The van der Waals surface area contributed by atoms with Crippen molar-refractivity contribution in [1.29, 1.82) is 0 Å². The quantitative estimate of drug-likeness (QED) is 0.691. The Labute approximate surface area is 164 Å². The molecule has 1 atom stereocenters. The molecule has 146 valence electrons. The summed E-state index contributed by atoms with van der Waals surface area (Å²) in [7, 11) is 5.00. The molecule has 0 aliphatic rings. The van der Waals surface area contributed by atoms with Crippen LogP contribution >= 0.6 is 0 Å². The summed E-state index contributed by atoms with van der Waals surface area (Å²) in [4.78, 5) is 24.4. The van der Waals surface area contributed by atoms with Gasteiger partial charge in [0.15, 0.2) is 0 Å². The van der Waals surface area contributed by atoms with E-state index in [0.717, 1.165) is 22.5 Å². The molecule has 0 bridgehead atoms. The first-order valence-electron chi connectivity index (χ1n) is 9.05. The number of carbonyl (C=O) groups is 1. The molecule has 0 saturated carbocycles. The van der Waals surface area contributed by atoms with Gasteiger partial charge in [-0.05, 0) is 31.5 Å². The molecule has 0 aliphatic heterocycles. The van der Waals surface area contributed by atoms with Crippen molar-refractivity contribution in [3.8, 4) is 0 Å². The number of methoxy groups -OCH3 is 1. The fourth-order valence-corrected chi connectivity index (χ4v) is 3.38. The van der Waals surface area contributed by atoms with Gasteiger partial charge in [-0.1, -0.05) is 29.8 Å². The van der Waals surface area contributed by atoms with Crippen LogP contribution in [0.3, 0.4) is 0 Å². The largest absolute Gasteiger partial charge is 0.465 e. The van der Waals surface area contributed by atoms with Crippen molar-refractivity contribution in [3.63, 3.8) is 0 Å². The number of pyridine rings is 1. The number of benzene rings is 1. The van der Waals surface area contributed by atoms with E-state index in [2.05, 4.69) is 5.32 Å². The predicted octanol–water partition coefficient (Wildman–Crippen LogP) is 3.33. The number of nitrogens with one attached hydrogen (secondary N) is 1. The fourth-order valence-electron chi connectivity index (χ4n) is 3.38. The third-order valence-corrected chi connectivity index (χ3v) is 4.88. The predicted molar refractivity (Wildman–Crippen MR) is 110 cm³/mol. The zero-order valence-electron chi connectivity index (χ0n) is 16.8. The van der Waals surface area contributed by atoms with Gasteiger partial charge < -0.3 is 19.2 Å². The lowest BCUT2D eigenvalue weighted by atomic mass is 9.99. The molecule has 1 unspecified atom stereocenters. The summed E-state index contributed by atoms with van der Waals surface area (Å²) in [6.07, 6.45) is 3.60. The number of hydrogen-bond acceptors (Lipinski definition) is 4. The van der Waals surface area contributed by atoms with Gasteiger partial charge in [0.25, 0.3) is 5.56 Å². The Morgan fingerprint density at radius 3 is 2.36 bits per heavy atom. The molecular weight excluding hydrogens is 354 g/mol. The first-order valence-corrected chi connectivity index (χ1v) is 9.05. The van der Waals surface area contributed by atoms with Crippen molar-refractivity contribution in [2.24, 2.45) is 14.1 Å². The first-order chi connectivity index (χ1) is 13.3. The van der Waals surface area contributed by atoms with Crippen LogP contribution in [-0.2, 0) is 18.8 Å². The van der Waals surface area contributed by atoms with Crippen molar-refractivity contribution in [2.45, 2.75) is 19.9 Å². The second kappa shape index (κ2) is 7.76. The van der Waals surface area contributed by atoms with Crippen LogP contribution in [0.1, 0.15) is 38.8 Å². The number of hydrogen-bond donors (Lipinski definition) is 1. The van der Waals surface area contributed by atoms with E-state index >= 15 is 0 Å². The molecule has 0 saturated heterocycles. The molecule has 1 aromatic carbocycles. The molecule has 0 aliphatic carbocycles. The molecule has 3 aromatic rings. The third kappa shape index (κ3) is 3.71. The van der Waals surface area contributed by atoms with Gasteiger partial charge in [0.2, 0.25) is 0 Å². The lowest BCUT2D eigenvalue weighted by molar-refractivity contribution is 0.0599. The molecule has 3 rings (SSSR count). The van der Waals surface area contributed by atoms with Crippen molar-refractivity contribution in [3.05, 3.63) is 87.1 Å². The van der Waals surface area contributed by atoms with Crippen molar-refractivity contribution >= 4 is 11.7 Å². The standard InChI is InChI=1S/C22H25N3O3/c1-14-6-8-16(9-7-14)19(20-18(22(27)28-5)10-11-24(20)3)23-17-12-15(2)21(26)25(4)13-17/h6-13,19,23H,1-5H3. The molecule has 0 amide bonds. The molecule has 0 spiro atoms. The summed E-state index contributed by atoms with van der Waals surface area (Å²) in [5.74, 6) is -0.383. The molecule has 1 N–H and O–H groups in total. The highest BCUT2D eigenvalue weighted by Gasteiger charge is 2.25. The minimum absolute atomic E-state index is 0.0356. The molecular formula is C22H25N3O3. The van der Waals surface area contributed by atoms with Gasteiger partial charge in [-0.3, -0.25) is 4.79 Å². The van der Waals surface area contributed by atoms with E-state index in [4.69, 9.17) is 4.74 Å². The minimum atomic E-state index is -0.383. The highest BCUT2D eigenvalue weighted by Crippen LogP contribution is 2.30. The lowest BCUT2D eigenvalue weighted by Gasteiger charge is -2.23. The highest BCUT2D eigenvalue weighted by molar-refractivity contribution is 5.91.